The molecule has 0 saturated heterocycles. The van der Waals surface area contributed by atoms with Gasteiger partial charge in [0.1, 0.15) is 0 Å². The molecule has 0 aromatic rings. The van der Waals surface area contributed by atoms with Gasteiger partial charge in [0.05, 0.1) is 0 Å². The van der Waals surface area contributed by atoms with Crippen LogP contribution in [0, 0.1) is 0 Å². The third-order valence-electron chi connectivity index (χ3n) is 0. The molecule has 0 amide bonds. The van der Waals surface area contributed by atoms with Gasteiger partial charge in [-0.05, 0) is 0 Å². The number of halogens is 1. The molecule has 0 heterocycles. The molecule has 0 radical (unpaired) electrons. The number of hydrogen-bond donors (Lipinski definition) is 1. The van der Waals surface area contributed by atoms with E-state index in [4.69, 9.17) is 0 Å². The molecule has 0 spiro atoms. The van der Waals surface area contributed by atoms with Gasteiger partial charge in [0.25, 0.3) is 0 Å². The van der Waals surface area contributed by atoms with Crippen molar-refractivity contribution in [1.29, 1.82) is 0 Å². The first kappa shape index (κ1) is 36.9. The van der Waals surface area contributed by atoms with E-state index in [1.807, 2.05) is 0 Å². The molecule has 4 heavy (non-hydrogen) atoms. The van der Waals surface area contributed by atoms with Crippen molar-refractivity contribution >= 4 is 0 Å². The minimum atomic E-state index is 0. The van der Waals surface area contributed by atoms with Gasteiger partial charge in [-0.25, -0.2) is 0 Å². The van der Waals surface area contributed by atoms with Crippen molar-refractivity contribution in [1.82, 2.24) is 6.15 Å². The van der Waals surface area contributed by atoms with Gasteiger partial charge in [0, 0.05) is 0 Å². The molecule has 0 bridgehead atoms. The van der Waals surface area contributed by atoms with Gasteiger partial charge in [-0.3, -0.25) is 0 Å². The summed E-state index contributed by atoms with van der Waals surface area (Å²) < 4.78 is 0. The Labute approximate surface area is 78.4 Å². The average Bonchev–Trinajstić information content (AvgIpc) is 0. The van der Waals surface area contributed by atoms with Crippen LogP contribution in [0.25, 0.3) is 0 Å². The zero-order valence-corrected chi connectivity index (χ0v) is 7.29. The number of hydrogen-bond acceptors (Lipinski definition) is 1. The molecule has 0 aliphatic heterocycles. The SMILES string of the molecule is N.O.[Br-].[K+]. The summed E-state index contributed by atoms with van der Waals surface area (Å²) in [7, 11) is 0. The predicted molar refractivity (Wildman–Crippen MR) is 8.64 cm³/mol. The van der Waals surface area contributed by atoms with Gasteiger partial charge in [0.2, 0.25) is 0 Å². The topological polar surface area (TPSA) is 66.5 Å². The van der Waals surface area contributed by atoms with Crippen molar-refractivity contribution in [2.75, 3.05) is 0 Å². The first-order valence-corrected chi connectivity index (χ1v) is 0. The molecule has 2 nitrogen and oxygen atoms in total. The maximum Gasteiger partial charge on any atom is 1.00 e. The van der Waals surface area contributed by atoms with E-state index in [2.05, 4.69) is 0 Å². The molecule has 0 atom stereocenters. The molecule has 4 heteroatoms. The van der Waals surface area contributed by atoms with Crippen LogP contribution in [-0.2, 0) is 0 Å². The van der Waals surface area contributed by atoms with Crippen LogP contribution in [0.3, 0.4) is 0 Å². The third kappa shape index (κ3) is 8.97. The quantitative estimate of drug-likeness (QED) is 0.346. The van der Waals surface area contributed by atoms with Crippen molar-refractivity contribution in [3.8, 4) is 0 Å². The Morgan fingerprint density at radius 1 is 1.00 bits per heavy atom. The van der Waals surface area contributed by atoms with E-state index in [0.717, 1.165) is 0 Å². The number of rotatable bonds is 0. The van der Waals surface area contributed by atoms with Crippen LogP contribution in [0.5, 0.6) is 0 Å². The van der Waals surface area contributed by atoms with Crippen LogP contribution < -0.4 is 74.5 Å². The molecule has 0 aliphatic rings. The van der Waals surface area contributed by atoms with E-state index in [1.54, 1.807) is 0 Å². The van der Waals surface area contributed by atoms with Crippen LogP contribution in [0.4, 0.5) is 0 Å². The molecule has 0 saturated carbocycles. The second-order valence-corrected chi connectivity index (χ2v) is 0. The molecular weight excluding hydrogens is 149 g/mol. The van der Waals surface area contributed by atoms with Gasteiger partial charge >= 0.3 is 51.4 Å². The Kier molecular flexibility index (Phi) is 183. The van der Waals surface area contributed by atoms with Gasteiger partial charge in [-0.2, -0.15) is 0 Å². The minimum absolute atomic E-state index is 0. The smallest absolute Gasteiger partial charge is 1.00 e. The molecule has 0 fully saturated rings. The summed E-state index contributed by atoms with van der Waals surface area (Å²) in [4.78, 5) is 0. The fourth-order valence-corrected chi connectivity index (χ4v) is 0. The Balaban J connectivity index is 0. The molecule has 0 unspecified atom stereocenters. The summed E-state index contributed by atoms with van der Waals surface area (Å²) in [6.07, 6.45) is 0. The zero-order valence-electron chi connectivity index (χ0n) is 2.59. The Bertz CT molecular complexity index is 8.00. The summed E-state index contributed by atoms with van der Waals surface area (Å²) in [5, 5.41) is 0. The van der Waals surface area contributed by atoms with E-state index in [0.29, 0.717) is 0 Å². The van der Waals surface area contributed by atoms with Crippen LogP contribution in [0.15, 0.2) is 0 Å². The van der Waals surface area contributed by atoms with Crippen molar-refractivity contribution in [2.45, 2.75) is 0 Å². The van der Waals surface area contributed by atoms with Crippen molar-refractivity contribution in [3.05, 3.63) is 0 Å². The van der Waals surface area contributed by atoms with E-state index in [1.165, 1.54) is 0 Å². The summed E-state index contributed by atoms with van der Waals surface area (Å²) in [6.45, 7) is 0. The van der Waals surface area contributed by atoms with Crippen molar-refractivity contribution in [3.63, 3.8) is 0 Å². The largest absolute Gasteiger partial charge is 1.00 e. The molecule has 0 rings (SSSR count). The monoisotopic (exact) mass is 153 g/mol. The van der Waals surface area contributed by atoms with Gasteiger partial charge < -0.3 is 28.6 Å². The third-order valence-corrected chi connectivity index (χ3v) is 0. The van der Waals surface area contributed by atoms with Crippen LogP contribution in [-0.4, -0.2) is 5.48 Å². The van der Waals surface area contributed by atoms with Crippen LogP contribution >= 0.6 is 0 Å². The maximum atomic E-state index is 0. The summed E-state index contributed by atoms with van der Waals surface area (Å²) in [6, 6.07) is 0. The average molecular weight is 154 g/mol. The summed E-state index contributed by atoms with van der Waals surface area (Å²) in [5.41, 5.74) is 0. The van der Waals surface area contributed by atoms with Crippen LogP contribution in [0.1, 0.15) is 0 Å². The molecule has 0 aromatic carbocycles. The van der Waals surface area contributed by atoms with E-state index < -0.39 is 0 Å². The molecule has 24 valence electrons. The predicted octanol–water partition coefficient (Wildman–Crippen LogP) is -6.65. The Hall–Kier alpha value is 2.04. The Morgan fingerprint density at radius 3 is 1.00 bits per heavy atom. The normalized spacial score (nSPS) is 0. The maximum absolute atomic E-state index is 0. The van der Waals surface area contributed by atoms with Gasteiger partial charge in [-0.15, -0.1) is 0 Å². The second-order valence-electron chi connectivity index (χ2n) is 0. The fourth-order valence-electron chi connectivity index (χ4n) is 0. The van der Waals surface area contributed by atoms with E-state index in [9.17, 15) is 0 Å². The molecule has 0 aliphatic carbocycles. The van der Waals surface area contributed by atoms with Crippen molar-refractivity contribution in [2.24, 2.45) is 0 Å². The zero-order chi connectivity index (χ0) is 0. The Morgan fingerprint density at radius 2 is 1.00 bits per heavy atom. The molecule has 5 N–H and O–H groups in total. The van der Waals surface area contributed by atoms with Gasteiger partial charge in [0.15, 0.2) is 0 Å². The van der Waals surface area contributed by atoms with E-state index in [-0.39, 0.29) is 80.0 Å². The van der Waals surface area contributed by atoms with Crippen molar-refractivity contribution < 1.29 is 73.8 Å². The second kappa shape index (κ2) is 19.8. The van der Waals surface area contributed by atoms with Crippen LogP contribution in [0.2, 0.25) is 0 Å². The molecular formula is H5BrKNO. The van der Waals surface area contributed by atoms with Gasteiger partial charge in [-0.1, -0.05) is 0 Å². The first-order chi connectivity index (χ1) is 0. The summed E-state index contributed by atoms with van der Waals surface area (Å²) >= 11 is 0. The molecule has 0 aromatic heterocycles. The fraction of sp³-hybridized carbons (Fsp3) is 0. The minimum Gasteiger partial charge on any atom is -1.00 e. The first-order valence-electron chi connectivity index (χ1n) is 0. The van der Waals surface area contributed by atoms with E-state index >= 15 is 0 Å². The standard InChI is InChI=1S/BrH.K.H3N.H2O/h1H;;1H3;1H2/q;+1;;/p-1. The summed E-state index contributed by atoms with van der Waals surface area (Å²) in [5.74, 6) is 0.